The highest BCUT2D eigenvalue weighted by atomic mass is 14.4. The summed E-state index contributed by atoms with van der Waals surface area (Å²) in [5, 5.41) is 0. The molecule has 2 aliphatic rings. The molecule has 0 saturated heterocycles. The predicted octanol–water partition coefficient (Wildman–Crippen LogP) is 3.80. The van der Waals surface area contributed by atoms with Crippen molar-refractivity contribution in [3.63, 3.8) is 0 Å². The van der Waals surface area contributed by atoms with E-state index in [0.717, 1.165) is 30.1 Å². The van der Waals surface area contributed by atoms with Crippen molar-refractivity contribution in [2.75, 3.05) is 0 Å². The van der Waals surface area contributed by atoms with Gasteiger partial charge in [-0.15, -0.1) is 0 Å². The summed E-state index contributed by atoms with van der Waals surface area (Å²) in [6.45, 7) is 13.1. The van der Waals surface area contributed by atoms with Gasteiger partial charge in [0.1, 0.15) is 0 Å². The summed E-state index contributed by atoms with van der Waals surface area (Å²) >= 11 is 0. The Balaban J connectivity index is 2.19. The van der Waals surface area contributed by atoms with E-state index in [9.17, 15) is 0 Å². The lowest BCUT2D eigenvalue weighted by atomic mass is 9.70. The third kappa shape index (κ3) is 1.37. The average Bonchev–Trinajstić information content (AvgIpc) is 2.31. The predicted molar refractivity (Wildman–Crippen MR) is 57.4 cm³/mol. The van der Waals surface area contributed by atoms with Crippen LogP contribution in [-0.4, -0.2) is 0 Å². The van der Waals surface area contributed by atoms with Crippen molar-refractivity contribution in [3.8, 4) is 0 Å². The number of allylic oxidation sites excluding steroid dienone is 2. The quantitative estimate of drug-likeness (QED) is 0.492. The van der Waals surface area contributed by atoms with E-state index in [-0.39, 0.29) is 0 Å². The fourth-order valence-electron chi connectivity index (χ4n) is 3.05. The van der Waals surface area contributed by atoms with Gasteiger partial charge < -0.3 is 0 Å². The third-order valence-electron chi connectivity index (χ3n) is 4.21. The van der Waals surface area contributed by atoms with Crippen LogP contribution in [0.25, 0.3) is 0 Å². The third-order valence-corrected chi connectivity index (χ3v) is 4.21. The van der Waals surface area contributed by atoms with Crippen LogP contribution in [0.5, 0.6) is 0 Å². The summed E-state index contributed by atoms with van der Waals surface area (Å²) in [7, 11) is 0. The number of hydrogen-bond acceptors (Lipinski definition) is 0. The van der Waals surface area contributed by atoms with Crippen molar-refractivity contribution >= 4 is 0 Å². The van der Waals surface area contributed by atoms with Crippen LogP contribution >= 0.6 is 0 Å². The highest BCUT2D eigenvalue weighted by Gasteiger charge is 2.39. The molecule has 2 saturated carbocycles. The second-order valence-electron chi connectivity index (χ2n) is 5.13. The Kier molecular flexibility index (Phi) is 2.09. The molecule has 2 aliphatic carbocycles. The number of hydrogen-bond donors (Lipinski definition) is 0. The molecule has 0 aromatic heterocycles. The molecular formula is C13H20. The van der Waals surface area contributed by atoms with Crippen LogP contribution in [0, 0.1) is 23.7 Å². The van der Waals surface area contributed by atoms with Crippen molar-refractivity contribution < 1.29 is 0 Å². The Morgan fingerprint density at radius 3 is 1.69 bits per heavy atom. The Bertz CT molecular complexity index is 223. The second kappa shape index (κ2) is 3.01. The van der Waals surface area contributed by atoms with E-state index in [1.807, 2.05) is 0 Å². The first-order chi connectivity index (χ1) is 6.09. The molecule has 0 spiro atoms. The maximum atomic E-state index is 4.19. The van der Waals surface area contributed by atoms with E-state index in [4.69, 9.17) is 0 Å². The van der Waals surface area contributed by atoms with Crippen LogP contribution in [-0.2, 0) is 0 Å². The first-order valence-electron chi connectivity index (χ1n) is 5.45. The lowest BCUT2D eigenvalue weighted by molar-refractivity contribution is 0.192. The van der Waals surface area contributed by atoms with Crippen molar-refractivity contribution in [1.82, 2.24) is 0 Å². The SMILES string of the molecule is C=C1CC(=C)C2CC(C)C(C)CC12. The van der Waals surface area contributed by atoms with Crippen molar-refractivity contribution in [3.05, 3.63) is 24.3 Å². The average molecular weight is 176 g/mol. The normalized spacial score (nSPS) is 45.1. The summed E-state index contributed by atoms with van der Waals surface area (Å²) in [5.74, 6) is 3.31. The maximum absolute atomic E-state index is 4.19. The minimum absolute atomic E-state index is 0.777. The molecule has 0 radical (unpaired) electrons. The van der Waals surface area contributed by atoms with Crippen LogP contribution < -0.4 is 0 Å². The van der Waals surface area contributed by atoms with Gasteiger partial charge in [-0.1, -0.05) is 38.2 Å². The highest BCUT2D eigenvalue weighted by Crippen LogP contribution is 2.50. The van der Waals surface area contributed by atoms with E-state index in [2.05, 4.69) is 27.0 Å². The van der Waals surface area contributed by atoms with Crippen LogP contribution in [0.15, 0.2) is 24.3 Å². The molecule has 0 heteroatoms. The van der Waals surface area contributed by atoms with Gasteiger partial charge >= 0.3 is 0 Å². The first kappa shape index (κ1) is 9.05. The Morgan fingerprint density at radius 1 is 0.923 bits per heavy atom. The smallest absolute Gasteiger partial charge is 0.0108 e. The zero-order valence-corrected chi connectivity index (χ0v) is 8.84. The fourth-order valence-corrected chi connectivity index (χ4v) is 3.05. The highest BCUT2D eigenvalue weighted by molar-refractivity contribution is 5.27. The molecule has 2 rings (SSSR count). The molecule has 0 N–H and O–H groups in total. The molecule has 0 bridgehead atoms. The molecule has 0 nitrogen and oxygen atoms in total. The molecule has 0 amide bonds. The van der Waals surface area contributed by atoms with E-state index < -0.39 is 0 Å². The van der Waals surface area contributed by atoms with E-state index in [1.54, 1.807) is 0 Å². The maximum Gasteiger partial charge on any atom is -0.0108 e. The monoisotopic (exact) mass is 176 g/mol. The Labute approximate surface area is 81.7 Å². The number of rotatable bonds is 0. The van der Waals surface area contributed by atoms with Crippen LogP contribution in [0.3, 0.4) is 0 Å². The van der Waals surface area contributed by atoms with Gasteiger partial charge in [0.25, 0.3) is 0 Å². The standard InChI is InChI=1S/C13H20/c1-8-6-12-10(3)5-11(4)13(12)7-9(8)2/h8-9,12-13H,3-7H2,1-2H3. The lowest BCUT2D eigenvalue weighted by Gasteiger charge is -2.35. The largest absolute Gasteiger partial charge is 0.0992 e. The summed E-state index contributed by atoms with van der Waals surface area (Å²) < 4.78 is 0. The molecular weight excluding hydrogens is 156 g/mol. The van der Waals surface area contributed by atoms with Gasteiger partial charge in [-0.05, 0) is 42.9 Å². The topological polar surface area (TPSA) is 0 Å². The zero-order chi connectivity index (χ0) is 9.59. The first-order valence-corrected chi connectivity index (χ1v) is 5.45. The molecule has 0 heterocycles. The summed E-state index contributed by atoms with van der Waals surface area (Å²) in [6.07, 6.45) is 3.81. The molecule has 0 aromatic rings. The van der Waals surface area contributed by atoms with Gasteiger partial charge in [-0.2, -0.15) is 0 Å². The molecule has 0 aromatic carbocycles. The van der Waals surface area contributed by atoms with Gasteiger partial charge in [0.15, 0.2) is 0 Å². The molecule has 2 fully saturated rings. The van der Waals surface area contributed by atoms with Gasteiger partial charge in [-0.25, -0.2) is 0 Å². The molecule has 4 unspecified atom stereocenters. The summed E-state index contributed by atoms with van der Waals surface area (Å²) in [4.78, 5) is 0. The van der Waals surface area contributed by atoms with Crippen molar-refractivity contribution in [2.45, 2.75) is 33.1 Å². The van der Waals surface area contributed by atoms with Crippen molar-refractivity contribution in [1.29, 1.82) is 0 Å². The molecule has 72 valence electrons. The minimum atomic E-state index is 0.777. The summed E-state index contributed by atoms with van der Waals surface area (Å²) in [6, 6.07) is 0. The van der Waals surface area contributed by atoms with Gasteiger partial charge in [0, 0.05) is 0 Å². The second-order valence-corrected chi connectivity index (χ2v) is 5.13. The van der Waals surface area contributed by atoms with E-state index >= 15 is 0 Å². The molecule has 13 heavy (non-hydrogen) atoms. The van der Waals surface area contributed by atoms with Crippen molar-refractivity contribution in [2.24, 2.45) is 23.7 Å². The van der Waals surface area contributed by atoms with Gasteiger partial charge in [0.2, 0.25) is 0 Å². The van der Waals surface area contributed by atoms with E-state index in [0.29, 0.717) is 0 Å². The Morgan fingerprint density at radius 2 is 1.31 bits per heavy atom. The zero-order valence-electron chi connectivity index (χ0n) is 8.84. The van der Waals surface area contributed by atoms with Crippen LogP contribution in [0.1, 0.15) is 33.1 Å². The summed E-state index contributed by atoms with van der Waals surface area (Å²) in [5.41, 5.74) is 2.91. The van der Waals surface area contributed by atoms with Crippen LogP contribution in [0.2, 0.25) is 0 Å². The van der Waals surface area contributed by atoms with Gasteiger partial charge in [-0.3, -0.25) is 0 Å². The molecule has 4 atom stereocenters. The van der Waals surface area contributed by atoms with Gasteiger partial charge in [0.05, 0.1) is 0 Å². The number of fused-ring (bicyclic) bond motifs is 1. The van der Waals surface area contributed by atoms with Crippen LogP contribution in [0.4, 0.5) is 0 Å². The molecule has 0 aliphatic heterocycles. The lowest BCUT2D eigenvalue weighted by Crippen LogP contribution is -2.26. The fraction of sp³-hybridized carbons (Fsp3) is 0.692. The minimum Gasteiger partial charge on any atom is -0.0992 e. The van der Waals surface area contributed by atoms with E-state index in [1.165, 1.54) is 24.0 Å². The Hall–Kier alpha value is -0.520.